The molecule has 0 bridgehead atoms. The van der Waals surface area contributed by atoms with E-state index in [1.165, 1.54) is 45.2 Å². The first-order valence-electron chi connectivity index (χ1n) is 6.79. The average Bonchev–Trinajstić information content (AvgIpc) is 2.74. The fourth-order valence-corrected chi connectivity index (χ4v) is 2.88. The van der Waals surface area contributed by atoms with Gasteiger partial charge in [0, 0.05) is 25.6 Å². The highest BCUT2D eigenvalue weighted by Crippen LogP contribution is 2.17. The third-order valence-electron chi connectivity index (χ3n) is 3.96. The Kier molecular flexibility index (Phi) is 4.22. The summed E-state index contributed by atoms with van der Waals surface area (Å²) in [6, 6.07) is 0.480. The van der Waals surface area contributed by atoms with Crippen molar-refractivity contribution < 1.29 is 4.79 Å². The summed E-state index contributed by atoms with van der Waals surface area (Å²) in [4.78, 5) is 16.5. The summed E-state index contributed by atoms with van der Waals surface area (Å²) in [5, 5.41) is 0. The zero-order valence-corrected chi connectivity index (χ0v) is 10.5. The summed E-state index contributed by atoms with van der Waals surface area (Å²) in [6.45, 7) is 6.53. The summed E-state index contributed by atoms with van der Waals surface area (Å²) in [6.07, 6.45) is 7.10. The van der Waals surface area contributed by atoms with Gasteiger partial charge < -0.3 is 9.80 Å². The van der Waals surface area contributed by atoms with Crippen LogP contribution in [0, 0.1) is 0 Å². The van der Waals surface area contributed by atoms with Crippen LogP contribution >= 0.6 is 0 Å². The van der Waals surface area contributed by atoms with Crippen LogP contribution in [0.4, 0.5) is 0 Å². The van der Waals surface area contributed by atoms with E-state index in [0.717, 1.165) is 19.5 Å². The lowest BCUT2D eigenvalue weighted by Gasteiger charge is -2.28. The summed E-state index contributed by atoms with van der Waals surface area (Å²) in [5.74, 6) is 0.371. The number of hydrogen-bond acceptors (Lipinski definition) is 2. The Labute approximate surface area is 98.8 Å². The van der Waals surface area contributed by atoms with Gasteiger partial charge in [-0.2, -0.15) is 0 Å². The van der Waals surface area contributed by atoms with Crippen LogP contribution in [0.3, 0.4) is 0 Å². The molecule has 0 unspecified atom stereocenters. The molecule has 2 aliphatic heterocycles. The third kappa shape index (κ3) is 2.97. The van der Waals surface area contributed by atoms with Crippen molar-refractivity contribution >= 4 is 5.91 Å². The summed E-state index contributed by atoms with van der Waals surface area (Å²) >= 11 is 0. The maximum absolute atomic E-state index is 12.0. The molecule has 0 aromatic heterocycles. The van der Waals surface area contributed by atoms with Crippen molar-refractivity contribution in [2.24, 2.45) is 0 Å². The number of amides is 1. The largest absolute Gasteiger partial charge is 0.340 e. The minimum Gasteiger partial charge on any atom is -0.340 e. The second-order valence-corrected chi connectivity index (χ2v) is 5.23. The predicted molar refractivity (Wildman–Crippen MR) is 65.3 cm³/mol. The molecule has 0 aliphatic carbocycles. The van der Waals surface area contributed by atoms with Gasteiger partial charge in [-0.25, -0.2) is 0 Å². The van der Waals surface area contributed by atoms with Gasteiger partial charge in [0.2, 0.25) is 5.91 Å². The van der Waals surface area contributed by atoms with Crippen LogP contribution in [0.25, 0.3) is 0 Å². The summed E-state index contributed by atoms with van der Waals surface area (Å²) < 4.78 is 0. The normalized spacial score (nSPS) is 27.3. The van der Waals surface area contributed by atoms with E-state index < -0.39 is 0 Å². The molecule has 1 amide bonds. The molecule has 0 spiro atoms. The zero-order chi connectivity index (χ0) is 11.4. The molecule has 2 aliphatic rings. The molecule has 1 atom stereocenters. The van der Waals surface area contributed by atoms with Gasteiger partial charge in [-0.05, 0) is 45.7 Å². The highest BCUT2D eigenvalue weighted by molar-refractivity contribution is 5.77. The first kappa shape index (κ1) is 11.9. The average molecular weight is 224 g/mol. The van der Waals surface area contributed by atoms with E-state index >= 15 is 0 Å². The molecular weight excluding hydrogens is 200 g/mol. The number of likely N-dealkylation sites (tertiary alicyclic amines) is 2. The molecule has 2 saturated heterocycles. The van der Waals surface area contributed by atoms with Crippen LogP contribution in [0.15, 0.2) is 0 Å². The minimum absolute atomic E-state index is 0.371. The molecule has 0 aromatic rings. The van der Waals surface area contributed by atoms with Gasteiger partial charge >= 0.3 is 0 Å². The van der Waals surface area contributed by atoms with Crippen molar-refractivity contribution in [1.29, 1.82) is 0 Å². The van der Waals surface area contributed by atoms with Crippen molar-refractivity contribution in [2.45, 2.75) is 51.5 Å². The summed E-state index contributed by atoms with van der Waals surface area (Å²) in [5.41, 5.74) is 0. The Morgan fingerprint density at radius 3 is 2.50 bits per heavy atom. The van der Waals surface area contributed by atoms with Crippen molar-refractivity contribution in [2.75, 3.05) is 26.2 Å². The predicted octanol–water partition coefficient (Wildman–Crippen LogP) is 1.87. The smallest absolute Gasteiger partial charge is 0.224 e. The Morgan fingerprint density at radius 1 is 1.12 bits per heavy atom. The van der Waals surface area contributed by atoms with Crippen molar-refractivity contribution in [3.05, 3.63) is 0 Å². The second kappa shape index (κ2) is 5.67. The lowest BCUT2D eigenvalue weighted by Crippen LogP contribution is -2.37. The van der Waals surface area contributed by atoms with E-state index in [0.29, 0.717) is 11.9 Å². The first-order chi connectivity index (χ1) is 7.77. The number of carbonyl (C=O) groups is 1. The molecule has 2 rings (SSSR count). The van der Waals surface area contributed by atoms with Gasteiger partial charge in [-0.3, -0.25) is 4.79 Å². The quantitative estimate of drug-likeness (QED) is 0.730. The number of piperidine rings is 1. The molecule has 3 nitrogen and oxygen atoms in total. The van der Waals surface area contributed by atoms with Gasteiger partial charge in [-0.15, -0.1) is 0 Å². The van der Waals surface area contributed by atoms with Crippen molar-refractivity contribution in [3.8, 4) is 0 Å². The van der Waals surface area contributed by atoms with Gasteiger partial charge in [0.1, 0.15) is 0 Å². The Bertz CT molecular complexity index is 236. The van der Waals surface area contributed by atoms with Gasteiger partial charge in [0.15, 0.2) is 0 Å². The fraction of sp³-hybridized carbons (Fsp3) is 0.923. The van der Waals surface area contributed by atoms with E-state index in [1.54, 1.807) is 0 Å². The highest BCUT2D eigenvalue weighted by atomic mass is 16.2. The third-order valence-corrected chi connectivity index (χ3v) is 3.96. The maximum Gasteiger partial charge on any atom is 0.224 e. The molecule has 92 valence electrons. The van der Waals surface area contributed by atoms with Crippen molar-refractivity contribution in [3.63, 3.8) is 0 Å². The zero-order valence-electron chi connectivity index (χ0n) is 10.5. The van der Waals surface area contributed by atoms with Gasteiger partial charge in [0.25, 0.3) is 0 Å². The monoisotopic (exact) mass is 224 g/mol. The SMILES string of the molecule is C[C@H]1CCCN1C(=O)CCN1CCCCC1. The summed E-state index contributed by atoms with van der Waals surface area (Å²) in [7, 11) is 0. The van der Waals surface area contributed by atoms with E-state index in [4.69, 9.17) is 0 Å². The topological polar surface area (TPSA) is 23.6 Å². The highest BCUT2D eigenvalue weighted by Gasteiger charge is 2.25. The maximum atomic E-state index is 12.0. The first-order valence-corrected chi connectivity index (χ1v) is 6.79. The van der Waals surface area contributed by atoms with Crippen LogP contribution < -0.4 is 0 Å². The van der Waals surface area contributed by atoms with E-state index in [2.05, 4.69) is 16.7 Å². The molecule has 0 saturated carbocycles. The van der Waals surface area contributed by atoms with Gasteiger partial charge in [-0.1, -0.05) is 6.42 Å². The number of nitrogens with zero attached hydrogens (tertiary/aromatic N) is 2. The molecule has 0 aromatic carbocycles. The Morgan fingerprint density at radius 2 is 1.88 bits per heavy atom. The van der Waals surface area contributed by atoms with E-state index in [-0.39, 0.29) is 0 Å². The van der Waals surface area contributed by atoms with Gasteiger partial charge in [0.05, 0.1) is 0 Å². The van der Waals surface area contributed by atoms with Crippen LogP contribution in [-0.4, -0.2) is 47.9 Å². The van der Waals surface area contributed by atoms with Crippen LogP contribution in [0.2, 0.25) is 0 Å². The molecular formula is C13H24N2O. The number of carbonyl (C=O) groups excluding carboxylic acids is 1. The number of rotatable bonds is 3. The Balaban J connectivity index is 1.70. The molecule has 16 heavy (non-hydrogen) atoms. The van der Waals surface area contributed by atoms with Crippen LogP contribution in [-0.2, 0) is 4.79 Å². The second-order valence-electron chi connectivity index (χ2n) is 5.23. The molecule has 0 radical (unpaired) electrons. The minimum atomic E-state index is 0.371. The lowest BCUT2D eigenvalue weighted by atomic mass is 10.1. The van der Waals surface area contributed by atoms with Crippen LogP contribution in [0.5, 0.6) is 0 Å². The molecule has 2 fully saturated rings. The standard InChI is InChI=1S/C13H24N2O/c1-12-6-5-10-15(12)13(16)7-11-14-8-3-2-4-9-14/h12H,2-11H2,1H3/t12-/m0/s1. The lowest BCUT2D eigenvalue weighted by molar-refractivity contribution is -0.132. The molecule has 3 heteroatoms. The molecule has 2 heterocycles. The van der Waals surface area contributed by atoms with Crippen LogP contribution in [0.1, 0.15) is 45.4 Å². The van der Waals surface area contributed by atoms with Crippen molar-refractivity contribution in [1.82, 2.24) is 9.80 Å². The Hall–Kier alpha value is -0.570. The molecule has 0 N–H and O–H groups in total. The fourth-order valence-electron chi connectivity index (χ4n) is 2.88. The van der Waals surface area contributed by atoms with E-state index in [9.17, 15) is 4.79 Å². The number of hydrogen-bond donors (Lipinski definition) is 0. The van der Waals surface area contributed by atoms with E-state index in [1.807, 2.05) is 0 Å².